The lowest BCUT2D eigenvalue weighted by molar-refractivity contribution is -0.139. The average molecular weight is 407 g/mol. The van der Waals surface area contributed by atoms with Gasteiger partial charge in [0.25, 0.3) is 0 Å². The lowest BCUT2D eigenvalue weighted by Crippen LogP contribution is -2.56. The van der Waals surface area contributed by atoms with Gasteiger partial charge in [-0.2, -0.15) is 0 Å². The van der Waals surface area contributed by atoms with Crippen molar-refractivity contribution in [2.45, 2.75) is 65.2 Å². The first-order valence-electron chi connectivity index (χ1n) is 10.8. The Hall–Kier alpha value is -1.05. The summed E-state index contributed by atoms with van der Waals surface area (Å²) in [7, 11) is 0. The fraction of sp³-hybridized carbons (Fsp3) is 0.826. The van der Waals surface area contributed by atoms with E-state index in [9.17, 15) is 4.79 Å². The monoisotopic (exact) mass is 406 g/mol. The predicted octanol–water partition coefficient (Wildman–Crippen LogP) is 4.21. The van der Waals surface area contributed by atoms with E-state index in [2.05, 4.69) is 24.9 Å². The summed E-state index contributed by atoms with van der Waals surface area (Å²) in [5.74, 6) is 6.28. The van der Waals surface area contributed by atoms with E-state index in [4.69, 9.17) is 17.0 Å². The van der Waals surface area contributed by atoms with E-state index in [1.165, 1.54) is 6.42 Å². The molecule has 4 rings (SSSR count). The first-order valence-corrected chi connectivity index (χ1v) is 10.8. The maximum Gasteiger partial charge on any atom is 0.139 e. The summed E-state index contributed by atoms with van der Waals surface area (Å²) >= 11 is 0. The predicted molar refractivity (Wildman–Crippen MR) is 114 cm³/mol. The molecule has 0 spiro atoms. The molecule has 7 atom stereocenters. The van der Waals surface area contributed by atoms with Gasteiger partial charge in [0, 0.05) is 24.3 Å². The van der Waals surface area contributed by atoms with Crippen LogP contribution in [0.25, 0.3) is 0 Å². The van der Waals surface area contributed by atoms with Gasteiger partial charge in [0.15, 0.2) is 0 Å². The summed E-state index contributed by atoms with van der Waals surface area (Å²) < 4.78 is 0. The molecule has 4 aliphatic rings. The molecule has 2 N–H and O–H groups in total. The molecule has 156 valence electrons. The van der Waals surface area contributed by atoms with Crippen molar-refractivity contribution < 1.29 is 9.63 Å². The number of fused-ring (bicyclic) bond motifs is 5. The van der Waals surface area contributed by atoms with Crippen molar-refractivity contribution in [3.63, 3.8) is 0 Å². The molecule has 0 bridgehead atoms. The lowest BCUT2D eigenvalue weighted by Gasteiger charge is -2.61. The van der Waals surface area contributed by atoms with Gasteiger partial charge in [0.05, 0.1) is 5.71 Å². The zero-order valence-electron chi connectivity index (χ0n) is 17.3. The zero-order chi connectivity index (χ0) is 19.2. The Bertz CT molecular complexity index is 687. The molecule has 5 heteroatoms. The van der Waals surface area contributed by atoms with Crippen LogP contribution >= 0.6 is 12.4 Å². The minimum Gasteiger partial charge on any atom is -0.395 e. The van der Waals surface area contributed by atoms with Crippen molar-refractivity contribution in [1.82, 2.24) is 0 Å². The van der Waals surface area contributed by atoms with Gasteiger partial charge >= 0.3 is 0 Å². The SMILES string of the molecule is C#CC1C[C@@H]2[C@@H](CC[C@]3(C)C(=O)CC[C@@H]23)[C@@]2(C)CCC(=NOCCN)CC12.Cl. The second-order valence-electron chi connectivity index (χ2n) is 9.90. The molecule has 0 amide bonds. The van der Waals surface area contributed by atoms with Crippen LogP contribution in [0, 0.1) is 52.8 Å². The molecule has 4 nitrogen and oxygen atoms in total. The number of Topliss-reactive ketones (excluding diaryl/α,β-unsaturated/α-hetero) is 1. The van der Waals surface area contributed by atoms with Crippen LogP contribution in [0.1, 0.15) is 65.2 Å². The molecule has 0 saturated heterocycles. The number of carbonyl (C=O) groups is 1. The minimum absolute atomic E-state index is 0. The highest BCUT2D eigenvalue weighted by Gasteiger charge is 2.61. The van der Waals surface area contributed by atoms with Gasteiger partial charge < -0.3 is 10.6 Å². The number of halogens is 1. The molecule has 4 aliphatic carbocycles. The number of nitrogens with zero attached hydrogens (tertiary/aromatic N) is 1. The first-order chi connectivity index (χ1) is 12.9. The molecule has 0 aromatic heterocycles. The molecule has 0 heterocycles. The second kappa shape index (κ2) is 8.00. The number of nitrogens with two attached hydrogens (primary N) is 1. The van der Waals surface area contributed by atoms with Crippen molar-refractivity contribution in [2.75, 3.05) is 13.2 Å². The van der Waals surface area contributed by atoms with Crippen LogP contribution in [-0.4, -0.2) is 24.6 Å². The van der Waals surface area contributed by atoms with Crippen LogP contribution in [-0.2, 0) is 9.63 Å². The number of hydrogen-bond acceptors (Lipinski definition) is 4. The second-order valence-corrected chi connectivity index (χ2v) is 9.90. The van der Waals surface area contributed by atoms with Crippen LogP contribution in [0.4, 0.5) is 0 Å². The fourth-order valence-electron chi connectivity index (χ4n) is 7.37. The van der Waals surface area contributed by atoms with Crippen molar-refractivity contribution in [3.8, 4) is 12.3 Å². The van der Waals surface area contributed by atoms with E-state index in [1.807, 2.05) is 0 Å². The largest absolute Gasteiger partial charge is 0.395 e. The number of ketones is 1. The van der Waals surface area contributed by atoms with Crippen LogP contribution in [0.3, 0.4) is 0 Å². The minimum atomic E-state index is -0.0825. The Morgan fingerprint density at radius 3 is 2.71 bits per heavy atom. The van der Waals surface area contributed by atoms with Gasteiger partial charge in [-0.25, -0.2) is 0 Å². The smallest absolute Gasteiger partial charge is 0.139 e. The van der Waals surface area contributed by atoms with Gasteiger partial charge in [-0.05, 0) is 74.0 Å². The van der Waals surface area contributed by atoms with Gasteiger partial charge in [0.1, 0.15) is 12.4 Å². The summed E-state index contributed by atoms with van der Waals surface area (Å²) in [5, 5.41) is 4.37. The number of oxime groups is 1. The number of rotatable bonds is 3. The molecular weight excluding hydrogens is 372 g/mol. The first kappa shape index (κ1) is 21.7. The van der Waals surface area contributed by atoms with Crippen LogP contribution in [0.15, 0.2) is 5.16 Å². The summed E-state index contributed by atoms with van der Waals surface area (Å²) in [6.45, 7) is 5.69. The normalized spacial score (nSPS) is 46.0. The van der Waals surface area contributed by atoms with Gasteiger partial charge in [-0.3, -0.25) is 4.79 Å². The Kier molecular flexibility index (Phi) is 6.18. The van der Waals surface area contributed by atoms with Crippen molar-refractivity contribution in [1.29, 1.82) is 0 Å². The van der Waals surface area contributed by atoms with E-state index in [0.717, 1.165) is 50.7 Å². The van der Waals surface area contributed by atoms with Crippen LogP contribution in [0.5, 0.6) is 0 Å². The molecular formula is C23H35ClN2O2. The summed E-state index contributed by atoms with van der Waals surface area (Å²) in [4.78, 5) is 18.0. The molecule has 0 radical (unpaired) electrons. The molecule has 0 aromatic rings. The summed E-state index contributed by atoms with van der Waals surface area (Å²) in [5.41, 5.74) is 6.84. The third-order valence-corrected chi connectivity index (χ3v) is 8.88. The summed E-state index contributed by atoms with van der Waals surface area (Å²) in [6.07, 6.45) is 14.3. The number of terminal acetylenes is 1. The Morgan fingerprint density at radius 2 is 2.00 bits per heavy atom. The molecule has 4 fully saturated rings. The highest BCUT2D eigenvalue weighted by molar-refractivity contribution is 5.87. The van der Waals surface area contributed by atoms with E-state index >= 15 is 0 Å². The van der Waals surface area contributed by atoms with Crippen molar-refractivity contribution >= 4 is 23.9 Å². The van der Waals surface area contributed by atoms with E-state index < -0.39 is 0 Å². The quantitative estimate of drug-likeness (QED) is 0.433. The molecule has 0 aliphatic heterocycles. The highest BCUT2D eigenvalue weighted by Crippen LogP contribution is 2.66. The summed E-state index contributed by atoms with van der Waals surface area (Å²) in [6, 6.07) is 0. The molecule has 28 heavy (non-hydrogen) atoms. The Morgan fingerprint density at radius 1 is 1.21 bits per heavy atom. The standard InChI is InChI=1S/C23H34N2O2.ClH/c1-4-15-13-17-18-5-6-21(26)23(18,3)10-8-19(17)22(2)9-7-16(14-20(15)22)25-27-12-11-24;/h1,15,17-20H,5-14,24H2,2-3H3;1H/t15?,17-,18-,19+,20?,22+,23-;/m0./s1. The lowest BCUT2D eigenvalue weighted by atomic mass is 9.43. The molecule has 0 aromatic carbocycles. The Balaban J connectivity index is 0.00000225. The highest BCUT2D eigenvalue weighted by atomic mass is 35.5. The van der Waals surface area contributed by atoms with Crippen molar-refractivity contribution in [2.24, 2.45) is 51.3 Å². The number of hydrogen-bond donors (Lipinski definition) is 1. The van der Waals surface area contributed by atoms with Crippen LogP contribution in [0.2, 0.25) is 0 Å². The van der Waals surface area contributed by atoms with Gasteiger partial charge in [-0.1, -0.05) is 19.0 Å². The third kappa shape index (κ3) is 3.19. The van der Waals surface area contributed by atoms with Crippen LogP contribution < -0.4 is 5.73 Å². The molecule has 2 unspecified atom stereocenters. The maximum atomic E-state index is 12.6. The maximum absolute atomic E-state index is 12.6. The molecule has 4 saturated carbocycles. The third-order valence-electron chi connectivity index (χ3n) is 8.88. The number of carbonyl (C=O) groups excluding carboxylic acids is 1. The van der Waals surface area contributed by atoms with Crippen molar-refractivity contribution in [3.05, 3.63) is 0 Å². The topological polar surface area (TPSA) is 64.7 Å². The van der Waals surface area contributed by atoms with E-state index in [1.54, 1.807) is 0 Å². The van der Waals surface area contributed by atoms with E-state index in [-0.39, 0.29) is 29.2 Å². The Labute approximate surface area is 175 Å². The van der Waals surface area contributed by atoms with Gasteiger partial charge in [0.2, 0.25) is 0 Å². The van der Waals surface area contributed by atoms with E-state index in [0.29, 0.717) is 42.6 Å². The zero-order valence-corrected chi connectivity index (χ0v) is 18.1. The van der Waals surface area contributed by atoms with Gasteiger partial charge in [-0.15, -0.1) is 24.8 Å². The average Bonchev–Trinajstić information content (AvgIpc) is 2.96. The fourth-order valence-corrected chi connectivity index (χ4v) is 7.37.